The maximum atomic E-state index is 9.04. The van der Waals surface area contributed by atoms with E-state index < -0.39 is 0 Å². The lowest BCUT2D eigenvalue weighted by Gasteiger charge is -2.25. The van der Waals surface area contributed by atoms with E-state index in [1.54, 1.807) is 0 Å². The summed E-state index contributed by atoms with van der Waals surface area (Å²) in [5, 5.41) is 9.04. The van der Waals surface area contributed by atoms with Gasteiger partial charge in [0, 0.05) is 31.1 Å². The van der Waals surface area contributed by atoms with Gasteiger partial charge >= 0.3 is 0 Å². The third kappa shape index (κ3) is 9.89. The zero-order valence-electron chi connectivity index (χ0n) is 12.0. The van der Waals surface area contributed by atoms with Crippen molar-refractivity contribution >= 4 is 11.8 Å². The van der Waals surface area contributed by atoms with Gasteiger partial charge in [0.15, 0.2) is 0 Å². The van der Waals surface area contributed by atoms with Gasteiger partial charge in [-0.1, -0.05) is 13.8 Å². The smallest absolute Gasteiger partial charge is 0.0667 e. The van der Waals surface area contributed by atoms with E-state index in [0.29, 0.717) is 0 Å². The summed E-state index contributed by atoms with van der Waals surface area (Å²) >= 11 is 2.06. The second-order valence-corrected chi connectivity index (χ2v) is 5.70. The molecule has 0 radical (unpaired) electrons. The maximum Gasteiger partial charge on any atom is 0.0667 e. The fourth-order valence-corrected chi connectivity index (χ4v) is 2.88. The Bertz CT molecular complexity index is 155. The fraction of sp³-hybridized carbons (Fsp3) is 1.00. The number of likely N-dealkylation sites (N-methyl/N-ethyl adjacent to an activating group) is 1. The second kappa shape index (κ2) is 11.3. The third-order valence-corrected chi connectivity index (χ3v) is 3.78. The van der Waals surface area contributed by atoms with Crippen molar-refractivity contribution in [1.29, 1.82) is 0 Å². The van der Waals surface area contributed by atoms with E-state index in [1.165, 1.54) is 24.6 Å². The Labute approximate surface area is 112 Å². The second-order valence-electron chi connectivity index (χ2n) is 4.47. The first-order valence-corrected chi connectivity index (χ1v) is 7.97. The van der Waals surface area contributed by atoms with Crippen LogP contribution in [0.2, 0.25) is 0 Å². The van der Waals surface area contributed by atoms with Crippen LogP contribution < -0.4 is 0 Å². The third-order valence-electron chi connectivity index (χ3n) is 2.83. The number of thioether (sulfide) groups is 1. The molecule has 2 rings (SSSR count). The van der Waals surface area contributed by atoms with Crippen LogP contribution >= 0.6 is 11.8 Å². The van der Waals surface area contributed by atoms with E-state index in [2.05, 4.69) is 28.6 Å². The summed E-state index contributed by atoms with van der Waals surface area (Å²) in [4.78, 5) is 4.53. The quantitative estimate of drug-likeness (QED) is 0.720. The van der Waals surface area contributed by atoms with Gasteiger partial charge in [0.25, 0.3) is 0 Å². The van der Waals surface area contributed by atoms with Gasteiger partial charge in [-0.2, -0.15) is 11.8 Å². The number of aliphatic hydroxyl groups excluding tert-OH is 1. The Morgan fingerprint density at radius 1 is 1.00 bits per heavy atom. The number of likely N-dealkylation sites (tertiary alicyclic amines) is 1. The molecule has 104 valence electrons. The van der Waals surface area contributed by atoms with Gasteiger partial charge in [-0.25, -0.2) is 0 Å². The molecule has 1 N–H and O–H groups in total. The van der Waals surface area contributed by atoms with Gasteiger partial charge in [-0.05, 0) is 33.5 Å². The highest BCUT2D eigenvalue weighted by Gasteiger charge is 2.12. The predicted molar refractivity (Wildman–Crippen MR) is 78.9 cm³/mol. The normalized spacial score (nSPS) is 26.3. The molecular formula is C13H30N2OS. The van der Waals surface area contributed by atoms with Crippen molar-refractivity contribution in [1.82, 2.24) is 9.80 Å². The molecule has 0 bridgehead atoms. The molecule has 2 fully saturated rings. The Balaban J connectivity index is 0.000000265. The Hall–Kier alpha value is 0.230. The Kier molecular flexibility index (Phi) is 11.5. The molecule has 1 atom stereocenters. The molecule has 2 saturated heterocycles. The first-order valence-electron chi connectivity index (χ1n) is 6.81. The molecule has 2 aliphatic rings. The monoisotopic (exact) mass is 262 g/mol. The van der Waals surface area contributed by atoms with Crippen LogP contribution in [0.3, 0.4) is 0 Å². The van der Waals surface area contributed by atoms with Crippen LogP contribution in [0.1, 0.15) is 26.7 Å². The van der Waals surface area contributed by atoms with Crippen LogP contribution in [0.5, 0.6) is 0 Å². The minimum absolute atomic E-state index is 0.0613. The minimum Gasteiger partial charge on any atom is -0.392 e. The first kappa shape index (κ1) is 17.2. The average molecular weight is 262 g/mol. The molecule has 0 amide bonds. The van der Waals surface area contributed by atoms with E-state index in [1.807, 2.05) is 20.9 Å². The Morgan fingerprint density at radius 3 is 1.88 bits per heavy atom. The van der Waals surface area contributed by atoms with Gasteiger partial charge in [0.2, 0.25) is 0 Å². The van der Waals surface area contributed by atoms with Crippen molar-refractivity contribution in [2.75, 3.05) is 51.8 Å². The predicted octanol–water partition coefficient (Wildman–Crippen LogP) is 1.76. The standard InChI is InChI=1S/C6H13NO.C5H11NS.C2H6/c1-7-4-2-3-6(8)5-7;1-6-2-4-7-5-3-6;1-2/h6,8H,2-5H2,1H3;2-5H2,1H3;1-2H3. The van der Waals surface area contributed by atoms with Crippen molar-refractivity contribution in [2.24, 2.45) is 0 Å². The number of β-amino-alcohol motifs (C(OH)–C–C–N with tert-alkyl or cyclic N) is 1. The van der Waals surface area contributed by atoms with Crippen molar-refractivity contribution in [3.63, 3.8) is 0 Å². The number of aliphatic hydroxyl groups is 1. The van der Waals surface area contributed by atoms with Crippen LogP contribution in [0.15, 0.2) is 0 Å². The largest absolute Gasteiger partial charge is 0.392 e. The summed E-state index contributed by atoms with van der Waals surface area (Å²) in [6.45, 7) is 8.58. The van der Waals surface area contributed by atoms with E-state index in [0.717, 1.165) is 25.9 Å². The number of hydrogen-bond acceptors (Lipinski definition) is 4. The average Bonchev–Trinajstić information content (AvgIpc) is 2.33. The van der Waals surface area contributed by atoms with E-state index in [9.17, 15) is 0 Å². The summed E-state index contributed by atoms with van der Waals surface area (Å²) in [6, 6.07) is 0. The van der Waals surface area contributed by atoms with Crippen molar-refractivity contribution in [3.8, 4) is 0 Å². The molecule has 0 saturated carbocycles. The molecule has 0 aromatic carbocycles. The summed E-state index contributed by atoms with van der Waals surface area (Å²) in [7, 11) is 4.22. The molecule has 0 aliphatic carbocycles. The van der Waals surface area contributed by atoms with Crippen LogP contribution in [0.25, 0.3) is 0 Å². The van der Waals surface area contributed by atoms with Crippen LogP contribution in [-0.2, 0) is 0 Å². The molecule has 1 unspecified atom stereocenters. The van der Waals surface area contributed by atoms with Crippen molar-refractivity contribution in [3.05, 3.63) is 0 Å². The Morgan fingerprint density at radius 2 is 1.59 bits per heavy atom. The molecule has 3 nitrogen and oxygen atoms in total. The summed E-state index contributed by atoms with van der Waals surface area (Å²) in [6.07, 6.45) is 2.08. The molecule has 0 aromatic rings. The molecule has 0 aromatic heterocycles. The first-order chi connectivity index (χ1) is 8.18. The van der Waals surface area contributed by atoms with Gasteiger partial charge in [0.05, 0.1) is 6.10 Å². The summed E-state index contributed by atoms with van der Waals surface area (Å²) in [5.74, 6) is 2.66. The van der Waals surface area contributed by atoms with Crippen molar-refractivity contribution < 1.29 is 5.11 Å². The molecule has 2 aliphatic heterocycles. The number of rotatable bonds is 0. The zero-order valence-corrected chi connectivity index (χ0v) is 12.8. The maximum absolute atomic E-state index is 9.04. The highest BCUT2D eigenvalue weighted by molar-refractivity contribution is 7.99. The summed E-state index contributed by atoms with van der Waals surface area (Å²) < 4.78 is 0. The fourth-order valence-electron chi connectivity index (χ4n) is 1.79. The van der Waals surface area contributed by atoms with Gasteiger partial charge < -0.3 is 14.9 Å². The lowest BCUT2D eigenvalue weighted by atomic mass is 10.1. The lowest BCUT2D eigenvalue weighted by molar-refractivity contribution is 0.0846. The van der Waals surface area contributed by atoms with E-state index >= 15 is 0 Å². The van der Waals surface area contributed by atoms with Crippen LogP contribution in [0, 0.1) is 0 Å². The van der Waals surface area contributed by atoms with Crippen molar-refractivity contribution in [2.45, 2.75) is 32.8 Å². The topological polar surface area (TPSA) is 26.7 Å². The lowest BCUT2D eigenvalue weighted by Crippen LogP contribution is -2.34. The molecule has 17 heavy (non-hydrogen) atoms. The molecule has 4 heteroatoms. The van der Waals surface area contributed by atoms with Crippen LogP contribution in [-0.4, -0.2) is 72.8 Å². The number of hydrogen-bond donors (Lipinski definition) is 1. The zero-order chi connectivity index (χ0) is 13.1. The molecule has 0 spiro atoms. The van der Waals surface area contributed by atoms with Gasteiger partial charge in [-0.3, -0.25) is 0 Å². The molecule has 2 heterocycles. The summed E-state index contributed by atoms with van der Waals surface area (Å²) in [5.41, 5.74) is 0. The van der Waals surface area contributed by atoms with E-state index in [4.69, 9.17) is 5.11 Å². The SMILES string of the molecule is CC.CN1CCCC(O)C1.CN1CCSCC1. The van der Waals surface area contributed by atoms with Gasteiger partial charge in [0.1, 0.15) is 0 Å². The highest BCUT2D eigenvalue weighted by Crippen LogP contribution is 2.06. The van der Waals surface area contributed by atoms with Crippen LogP contribution in [0.4, 0.5) is 0 Å². The minimum atomic E-state index is -0.0613. The van der Waals surface area contributed by atoms with E-state index in [-0.39, 0.29) is 6.10 Å². The van der Waals surface area contributed by atoms with Gasteiger partial charge in [-0.15, -0.1) is 0 Å². The number of piperidine rings is 1. The number of nitrogens with zero attached hydrogens (tertiary/aromatic N) is 2. The molecular weight excluding hydrogens is 232 g/mol. The highest BCUT2D eigenvalue weighted by atomic mass is 32.2.